The van der Waals surface area contributed by atoms with Crippen LogP contribution in [0.2, 0.25) is 0 Å². The summed E-state index contributed by atoms with van der Waals surface area (Å²) in [6, 6.07) is 11.6. The second-order valence-electron chi connectivity index (χ2n) is 6.55. The van der Waals surface area contributed by atoms with Gasteiger partial charge in [-0.2, -0.15) is 0 Å². The van der Waals surface area contributed by atoms with Crippen LogP contribution in [0.3, 0.4) is 0 Å². The first-order valence-electron chi connectivity index (χ1n) is 8.54. The van der Waals surface area contributed by atoms with Gasteiger partial charge in [0, 0.05) is 18.5 Å². The lowest BCUT2D eigenvalue weighted by atomic mass is 9.85. The molecule has 0 spiro atoms. The van der Waals surface area contributed by atoms with E-state index in [9.17, 15) is 13.6 Å². The molecular weight excluding hydrogens is 358 g/mol. The molecule has 0 aromatic heterocycles. The maximum Gasteiger partial charge on any atom is 0.224 e. The van der Waals surface area contributed by atoms with Crippen molar-refractivity contribution in [1.82, 2.24) is 10.6 Å². The molecule has 0 bridgehead atoms. The molecule has 1 aliphatic rings. The molecule has 0 radical (unpaired) electrons. The first-order chi connectivity index (χ1) is 12.0. The average molecular weight is 381 g/mol. The van der Waals surface area contributed by atoms with Crippen molar-refractivity contribution in [2.45, 2.75) is 31.7 Å². The predicted octanol–water partition coefficient (Wildman–Crippen LogP) is 3.50. The van der Waals surface area contributed by atoms with Crippen LogP contribution in [-0.2, 0) is 11.2 Å². The summed E-state index contributed by atoms with van der Waals surface area (Å²) in [6.45, 7) is 3.38. The quantitative estimate of drug-likeness (QED) is 0.852. The Hall–Kier alpha value is -1.98. The third-order valence-corrected chi connectivity index (χ3v) is 4.81. The van der Waals surface area contributed by atoms with Gasteiger partial charge in [-0.15, -0.1) is 12.4 Å². The number of rotatable bonds is 4. The highest BCUT2D eigenvalue weighted by atomic mass is 35.5. The van der Waals surface area contributed by atoms with E-state index in [-0.39, 0.29) is 30.3 Å². The monoisotopic (exact) mass is 380 g/mol. The molecule has 6 heteroatoms. The minimum absolute atomic E-state index is 0. The highest BCUT2D eigenvalue weighted by Gasteiger charge is 2.28. The number of piperidine rings is 1. The first-order valence-corrected chi connectivity index (χ1v) is 8.54. The molecular formula is C20H23ClF2N2O. The van der Waals surface area contributed by atoms with Crippen molar-refractivity contribution in [1.29, 1.82) is 0 Å². The van der Waals surface area contributed by atoms with Gasteiger partial charge in [0.15, 0.2) is 11.6 Å². The number of hydrogen-bond donors (Lipinski definition) is 2. The Bertz CT molecular complexity index is 769. The van der Waals surface area contributed by atoms with Crippen LogP contribution in [0.1, 0.15) is 29.0 Å². The number of carbonyl (C=O) groups is 1. The number of amides is 1. The summed E-state index contributed by atoms with van der Waals surface area (Å²) in [7, 11) is 0. The van der Waals surface area contributed by atoms with Gasteiger partial charge >= 0.3 is 0 Å². The van der Waals surface area contributed by atoms with E-state index in [2.05, 4.69) is 10.6 Å². The summed E-state index contributed by atoms with van der Waals surface area (Å²) in [6.07, 6.45) is 1.08. The summed E-state index contributed by atoms with van der Waals surface area (Å²) in [4.78, 5) is 12.5. The Balaban J connectivity index is 0.00000243. The van der Waals surface area contributed by atoms with Gasteiger partial charge in [0.1, 0.15) is 0 Å². The van der Waals surface area contributed by atoms with Crippen LogP contribution in [0.4, 0.5) is 8.78 Å². The lowest BCUT2D eigenvalue weighted by Gasteiger charge is -2.33. The van der Waals surface area contributed by atoms with Crippen LogP contribution in [-0.4, -0.2) is 25.0 Å². The molecule has 26 heavy (non-hydrogen) atoms. The molecule has 1 amide bonds. The van der Waals surface area contributed by atoms with Crippen molar-refractivity contribution in [3.63, 3.8) is 0 Å². The molecule has 2 aromatic carbocycles. The van der Waals surface area contributed by atoms with Crippen molar-refractivity contribution in [3.05, 3.63) is 70.8 Å². The van der Waals surface area contributed by atoms with Crippen molar-refractivity contribution in [2.24, 2.45) is 0 Å². The van der Waals surface area contributed by atoms with Gasteiger partial charge in [0.05, 0.1) is 6.42 Å². The molecule has 3 nitrogen and oxygen atoms in total. The smallest absolute Gasteiger partial charge is 0.224 e. The fourth-order valence-corrected chi connectivity index (χ4v) is 3.39. The van der Waals surface area contributed by atoms with E-state index < -0.39 is 11.6 Å². The number of aryl methyl sites for hydroxylation is 1. The van der Waals surface area contributed by atoms with E-state index >= 15 is 0 Å². The molecule has 1 saturated heterocycles. The van der Waals surface area contributed by atoms with Gasteiger partial charge in [0.25, 0.3) is 0 Å². The number of hydrogen-bond acceptors (Lipinski definition) is 2. The highest BCUT2D eigenvalue weighted by Crippen LogP contribution is 2.27. The number of nitrogens with one attached hydrogen (secondary N) is 2. The van der Waals surface area contributed by atoms with Crippen molar-refractivity contribution in [3.8, 4) is 0 Å². The Morgan fingerprint density at radius 2 is 1.96 bits per heavy atom. The molecule has 1 fully saturated rings. The zero-order valence-electron chi connectivity index (χ0n) is 14.6. The number of benzene rings is 2. The Morgan fingerprint density at radius 3 is 2.69 bits per heavy atom. The molecule has 3 rings (SSSR count). The van der Waals surface area contributed by atoms with Crippen LogP contribution in [0.15, 0.2) is 42.5 Å². The number of halogens is 3. The molecule has 2 atom stereocenters. The van der Waals surface area contributed by atoms with Gasteiger partial charge in [0.2, 0.25) is 5.91 Å². The highest BCUT2D eigenvalue weighted by molar-refractivity contribution is 5.85. The van der Waals surface area contributed by atoms with E-state index in [1.165, 1.54) is 6.07 Å². The Morgan fingerprint density at radius 1 is 1.19 bits per heavy atom. The third kappa shape index (κ3) is 4.80. The van der Waals surface area contributed by atoms with Gasteiger partial charge < -0.3 is 10.6 Å². The predicted molar refractivity (Wildman–Crippen MR) is 101 cm³/mol. The zero-order chi connectivity index (χ0) is 17.8. The normalized spacial score (nSPS) is 19.5. The van der Waals surface area contributed by atoms with E-state index in [4.69, 9.17) is 0 Å². The third-order valence-electron chi connectivity index (χ3n) is 4.81. The van der Waals surface area contributed by atoms with Gasteiger partial charge in [-0.05, 0) is 48.7 Å². The van der Waals surface area contributed by atoms with Gasteiger partial charge in [-0.3, -0.25) is 4.79 Å². The Labute approximate surface area is 158 Å². The lowest BCUT2D eigenvalue weighted by Crippen LogP contribution is -2.50. The van der Waals surface area contributed by atoms with Crippen LogP contribution < -0.4 is 10.6 Å². The summed E-state index contributed by atoms with van der Waals surface area (Å²) in [5.41, 5.74) is 2.80. The van der Waals surface area contributed by atoms with Crippen molar-refractivity contribution >= 4 is 18.3 Å². The molecule has 0 aliphatic carbocycles. The first kappa shape index (κ1) is 20.3. The van der Waals surface area contributed by atoms with Crippen LogP contribution in [0.25, 0.3) is 0 Å². The van der Waals surface area contributed by atoms with Crippen LogP contribution in [0.5, 0.6) is 0 Å². The molecule has 2 aromatic rings. The second-order valence-corrected chi connectivity index (χ2v) is 6.55. The van der Waals surface area contributed by atoms with Gasteiger partial charge in [-0.1, -0.05) is 30.3 Å². The average Bonchev–Trinajstić information content (AvgIpc) is 2.60. The largest absolute Gasteiger partial charge is 0.351 e. The molecule has 0 saturated carbocycles. The zero-order valence-corrected chi connectivity index (χ0v) is 15.4. The molecule has 1 aliphatic heterocycles. The van der Waals surface area contributed by atoms with E-state index in [0.717, 1.165) is 35.7 Å². The van der Waals surface area contributed by atoms with E-state index in [1.807, 2.05) is 31.2 Å². The minimum atomic E-state index is -0.849. The topological polar surface area (TPSA) is 41.1 Å². The minimum Gasteiger partial charge on any atom is -0.351 e. The molecule has 140 valence electrons. The fraction of sp³-hybridized carbons (Fsp3) is 0.350. The SMILES string of the molecule is Cc1ccccc1CC(=O)NC1CNCCC1c1ccc(F)c(F)c1.Cl. The van der Waals surface area contributed by atoms with Crippen LogP contribution >= 0.6 is 12.4 Å². The van der Waals surface area contributed by atoms with E-state index in [0.29, 0.717) is 13.0 Å². The summed E-state index contributed by atoms with van der Waals surface area (Å²) in [5.74, 6) is -1.79. The van der Waals surface area contributed by atoms with Crippen molar-refractivity contribution in [2.75, 3.05) is 13.1 Å². The fourth-order valence-electron chi connectivity index (χ4n) is 3.39. The molecule has 2 N–H and O–H groups in total. The maximum absolute atomic E-state index is 13.6. The second kappa shape index (κ2) is 9.10. The van der Waals surface area contributed by atoms with E-state index in [1.54, 1.807) is 6.07 Å². The Kier molecular flexibility index (Phi) is 7.12. The summed E-state index contributed by atoms with van der Waals surface area (Å²) < 4.78 is 26.8. The van der Waals surface area contributed by atoms with Crippen molar-refractivity contribution < 1.29 is 13.6 Å². The lowest BCUT2D eigenvalue weighted by molar-refractivity contribution is -0.121. The van der Waals surface area contributed by atoms with Gasteiger partial charge in [-0.25, -0.2) is 8.78 Å². The number of carbonyl (C=O) groups excluding carboxylic acids is 1. The summed E-state index contributed by atoms with van der Waals surface area (Å²) >= 11 is 0. The maximum atomic E-state index is 13.6. The standard InChI is InChI=1S/C20H22F2N2O.ClH/c1-13-4-2-3-5-14(13)11-20(25)24-19-12-23-9-8-16(19)15-6-7-17(21)18(22)10-15;/h2-7,10,16,19,23H,8-9,11-12H2,1H3,(H,24,25);1H. The summed E-state index contributed by atoms with van der Waals surface area (Å²) in [5, 5.41) is 6.32. The van der Waals surface area contributed by atoms with Crippen LogP contribution in [0, 0.1) is 18.6 Å². The molecule has 2 unspecified atom stereocenters. The molecule has 1 heterocycles.